The van der Waals surface area contributed by atoms with E-state index >= 15 is 0 Å². The highest BCUT2D eigenvalue weighted by molar-refractivity contribution is 8.05. The lowest BCUT2D eigenvalue weighted by atomic mass is 10.1. The molecule has 0 N–H and O–H groups in total. The van der Waals surface area contributed by atoms with Crippen molar-refractivity contribution in [2.24, 2.45) is 0 Å². The summed E-state index contributed by atoms with van der Waals surface area (Å²) in [4.78, 5) is 12.9. The van der Waals surface area contributed by atoms with Crippen molar-refractivity contribution >= 4 is 46.7 Å². The van der Waals surface area contributed by atoms with Gasteiger partial charge in [0.1, 0.15) is 12.4 Å². The highest BCUT2D eigenvalue weighted by Crippen LogP contribution is 2.42. The fourth-order valence-electron chi connectivity index (χ4n) is 2.06. The lowest BCUT2D eigenvalue weighted by molar-refractivity contribution is 0.101. The van der Waals surface area contributed by atoms with Crippen molar-refractivity contribution in [2.45, 2.75) is 10.8 Å². The van der Waals surface area contributed by atoms with Crippen molar-refractivity contribution in [2.75, 3.05) is 10.9 Å². The van der Waals surface area contributed by atoms with Gasteiger partial charge in [0.05, 0.1) is 5.69 Å². The molecule has 0 heterocycles. The molecule has 0 aliphatic heterocycles. The molecular formula is C18H14Cl2FNO2S. The second-order valence-corrected chi connectivity index (χ2v) is 7.74. The van der Waals surface area contributed by atoms with E-state index in [2.05, 4.69) is 5.92 Å². The molecule has 3 nitrogen and oxygen atoms in total. The summed E-state index contributed by atoms with van der Waals surface area (Å²) >= 11 is 11.3. The molecule has 130 valence electrons. The highest BCUT2D eigenvalue weighted by atomic mass is 35.5. The molecule has 0 saturated carbocycles. The number of terminal acetylenes is 1. The van der Waals surface area contributed by atoms with E-state index in [1.807, 2.05) is 0 Å². The SMILES string of the molecule is C#CCOc1cccc(N(SC(F)(Cl)Cl)C(=O)c2ccccc2C)c1. The molecule has 2 rings (SSSR count). The molecular weight excluding hydrogens is 384 g/mol. The first-order valence-electron chi connectivity index (χ1n) is 7.14. The lowest BCUT2D eigenvalue weighted by Crippen LogP contribution is -2.27. The van der Waals surface area contributed by atoms with Crippen LogP contribution in [0.5, 0.6) is 5.75 Å². The van der Waals surface area contributed by atoms with Crippen molar-refractivity contribution in [3.05, 3.63) is 59.7 Å². The smallest absolute Gasteiger partial charge is 0.324 e. The first-order chi connectivity index (χ1) is 11.8. The number of carbonyl (C=O) groups excluding carboxylic acids is 1. The fourth-order valence-corrected chi connectivity index (χ4v) is 3.08. The molecule has 0 saturated heterocycles. The Kier molecular flexibility index (Phi) is 6.60. The zero-order valence-corrected chi connectivity index (χ0v) is 15.5. The van der Waals surface area contributed by atoms with Crippen LogP contribution in [-0.2, 0) is 0 Å². The number of amides is 1. The van der Waals surface area contributed by atoms with Gasteiger partial charge in [0.15, 0.2) is 0 Å². The molecule has 0 radical (unpaired) electrons. The first-order valence-corrected chi connectivity index (χ1v) is 8.67. The average Bonchev–Trinajstić information content (AvgIpc) is 2.57. The Balaban J connectivity index is 2.41. The third kappa shape index (κ3) is 5.57. The van der Waals surface area contributed by atoms with Crippen molar-refractivity contribution in [3.8, 4) is 18.1 Å². The summed E-state index contributed by atoms with van der Waals surface area (Å²) in [6.07, 6.45) is 5.17. The van der Waals surface area contributed by atoms with E-state index in [4.69, 9.17) is 34.4 Å². The Morgan fingerprint density at radius 2 is 2.04 bits per heavy atom. The minimum absolute atomic E-state index is 0.0698. The molecule has 1 amide bonds. The van der Waals surface area contributed by atoms with Crippen LogP contribution in [0.2, 0.25) is 0 Å². The highest BCUT2D eigenvalue weighted by Gasteiger charge is 2.32. The third-order valence-electron chi connectivity index (χ3n) is 3.13. The average molecular weight is 398 g/mol. The number of rotatable bonds is 6. The van der Waals surface area contributed by atoms with Crippen LogP contribution < -0.4 is 9.04 Å². The summed E-state index contributed by atoms with van der Waals surface area (Å²) in [6.45, 7) is 1.85. The molecule has 0 aromatic heterocycles. The van der Waals surface area contributed by atoms with Gasteiger partial charge in [-0.05, 0) is 30.7 Å². The molecule has 0 fully saturated rings. The van der Waals surface area contributed by atoms with Crippen LogP contribution in [0.25, 0.3) is 0 Å². The van der Waals surface area contributed by atoms with Gasteiger partial charge in [-0.3, -0.25) is 4.79 Å². The van der Waals surface area contributed by atoms with Crippen LogP contribution in [-0.4, -0.2) is 16.4 Å². The van der Waals surface area contributed by atoms with Crippen LogP contribution in [0.1, 0.15) is 15.9 Å². The molecule has 0 spiro atoms. The molecule has 25 heavy (non-hydrogen) atoms. The minimum atomic E-state index is -2.69. The molecule has 7 heteroatoms. The second-order valence-electron chi connectivity index (χ2n) is 4.94. The van der Waals surface area contributed by atoms with Crippen molar-refractivity contribution in [1.29, 1.82) is 0 Å². The van der Waals surface area contributed by atoms with E-state index in [0.717, 1.165) is 9.87 Å². The van der Waals surface area contributed by atoms with Crippen molar-refractivity contribution < 1.29 is 13.9 Å². The Labute approximate surface area is 160 Å². The van der Waals surface area contributed by atoms with Gasteiger partial charge < -0.3 is 4.74 Å². The van der Waals surface area contributed by atoms with Gasteiger partial charge in [-0.1, -0.05) is 53.4 Å². The van der Waals surface area contributed by atoms with Gasteiger partial charge in [0.25, 0.3) is 5.91 Å². The zero-order chi connectivity index (χ0) is 18.4. The summed E-state index contributed by atoms with van der Waals surface area (Å²) in [6, 6.07) is 13.5. The number of alkyl halides is 3. The lowest BCUT2D eigenvalue weighted by Gasteiger charge is -2.25. The maximum Gasteiger partial charge on any atom is 0.324 e. The van der Waals surface area contributed by atoms with E-state index < -0.39 is 9.83 Å². The zero-order valence-electron chi connectivity index (χ0n) is 13.2. The van der Waals surface area contributed by atoms with E-state index in [1.54, 1.807) is 55.5 Å². The van der Waals surface area contributed by atoms with Gasteiger partial charge in [-0.2, -0.15) is 4.39 Å². The molecule has 0 aliphatic rings. The van der Waals surface area contributed by atoms with E-state index in [9.17, 15) is 9.18 Å². The number of halogens is 3. The summed E-state index contributed by atoms with van der Waals surface area (Å²) in [5.74, 6) is 2.33. The largest absolute Gasteiger partial charge is 0.481 e. The summed E-state index contributed by atoms with van der Waals surface area (Å²) in [7, 11) is 0. The number of hydrogen-bond acceptors (Lipinski definition) is 3. The summed E-state index contributed by atoms with van der Waals surface area (Å²) in [5, 5.41) is 0. The standard InChI is InChI=1S/C18H14Cl2FNO2S/c1-3-11-24-15-9-6-8-14(12-15)22(25-18(19,20)21)17(23)16-10-5-4-7-13(16)2/h1,4-10,12H,11H2,2H3. The number of anilines is 1. The van der Waals surface area contributed by atoms with E-state index in [0.29, 0.717) is 28.9 Å². The second kappa shape index (κ2) is 8.48. The van der Waals surface area contributed by atoms with Crippen LogP contribution in [0.3, 0.4) is 0 Å². The number of benzene rings is 2. The third-order valence-corrected chi connectivity index (χ3v) is 4.31. The molecule has 0 atom stereocenters. The predicted octanol–water partition coefficient (Wildman–Crippen LogP) is 5.36. The Hall–Kier alpha value is -1.87. The fraction of sp³-hybridized carbons (Fsp3) is 0.167. The molecule has 0 unspecified atom stereocenters. The Morgan fingerprint density at radius 3 is 2.68 bits per heavy atom. The number of carbonyl (C=O) groups is 1. The van der Waals surface area contributed by atoms with Gasteiger partial charge in [-0.25, -0.2) is 4.31 Å². The quantitative estimate of drug-likeness (QED) is 0.373. The Bertz CT molecular complexity index is 802. The van der Waals surface area contributed by atoms with Crippen LogP contribution in [0, 0.1) is 19.3 Å². The van der Waals surface area contributed by atoms with Crippen molar-refractivity contribution in [3.63, 3.8) is 0 Å². The van der Waals surface area contributed by atoms with Gasteiger partial charge in [-0.15, -0.1) is 6.42 Å². The normalized spacial score (nSPS) is 10.8. The van der Waals surface area contributed by atoms with Crippen molar-refractivity contribution in [1.82, 2.24) is 0 Å². The molecule has 2 aromatic rings. The maximum absolute atomic E-state index is 13.8. The van der Waals surface area contributed by atoms with Crippen LogP contribution >= 0.6 is 35.1 Å². The maximum atomic E-state index is 13.8. The minimum Gasteiger partial charge on any atom is -0.481 e. The number of aryl methyl sites for hydroxylation is 1. The number of hydrogen-bond donors (Lipinski definition) is 0. The van der Waals surface area contributed by atoms with Gasteiger partial charge in [0, 0.05) is 23.6 Å². The Morgan fingerprint density at radius 1 is 1.32 bits per heavy atom. The molecule has 0 bridgehead atoms. The van der Waals surface area contributed by atoms with E-state index in [-0.39, 0.29) is 6.61 Å². The molecule has 2 aromatic carbocycles. The van der Waals surface area contributed by atoms with Gasteiger partial charge >= 0.3 is 3.92 Å². The number of ether oxygens (including phenoxy) is 1. The van der Waals surface area contributed by atoms with Crippen LogP contribution in [0.4, 0.5) is 10.1 Å². The molecule has 0 aliphatic carbocycles. The van der Waals surface area contributed by atoms with Gasteiger partial charge in [0.2, 0.25) is 0 Å². The topological polar surface area (TPSA) is 29.5 Å². The predicted molar refractivity (Wildman–Crippen MR) is 102 cm³/mol. The summed E-state index contributed by atoms with van der Waals surface area (Å²) in [5.41, 5.74) is 1.50. The van der Waals surface area contributed by atoms with Crippen LogP contribution in [0.15, 0.2) is 48.5 Å². The number of nitrogens with zero attached hydrogens (tertiary/aromatic N) is 1. The monoisotopic (exact) mass is 397 g/mol. The first kappa shape index (κ1) is 19.5. The van der Waals surface area contributed by atoms with E-state index in [1.165, 1.54) is 0 Å². The summed E-state index contributed by atoms with van der Waals surface area (Å²) < 4.78 is 17.6.